The Kier molecular flexibility index (Phi) is 5.48. The van der Waals surface area contributed by atoms with Crippen molar-refractivity contribution in [2.24, 2.45) is 7.05 Å². The number of benzene rings is 1. The van der Waals surface area contributed by atoms with Gasteiger partial charge in [-0.25, -0.2) is 4.98 Å². The summed E-state index contributed by atoms with van der Waals surface area (Å²) < 4.78 is 3.66. The van der Waals surface area contributed by atoms with Gasteiger partial charge in [0.05, 0.1) is 17.7 Å². The predicted molar refractivity (Wildman–Crippen MR) is 100 cm³/mol. The van der Waals surface area contributed by atoms with Crippen LogP contribution in [0.4, 0.5) is 0 Å². The Morgan fingerprint density at radius 2 is 2.00 bits per heavy atom. The first-order chi connectivity index (χ1) is 12.5. The van der Waals surface area contributed by atoms with Crippen molar-refractivity contribution in [1.82, 2.24) is 29.5 Å². The number of aromatic nitrogens is 4. The monoisotopic (exact) mass is 352 g/mol. The summed E-state index contributed by atoms with van der Waals surface area (Å²) in [6.45, 7) is 1.63. The molecule has 0 saturated heterocycles. The third-order valence-electron chi connectivity index (χ3n) is 4.08. The molecule has 136 valence electrons. The standard InChI is InChI=1S/C19H24N6O/c1-23(2)12-17-10-18(22-24(17)3)16-6-4-15(5-7-16)11-21-19(26)13-25-9-8-20-14-25/h4-10,14H,11-13H2,1-3H3,(H,21,26). The summed E-state index contributed by atoms with van der Waals surface area (Å²) in [5.74, 6) is -0.0369. The fourth-order valence-electron chi connectivity index (χ4n) is 2.71. The van der Waals surface area contributed by atoms with Gasteiger partial charge >= 0.3 is 0 Å². The second-order valence-electron chi connectivity index (χ2n) is 6.59. The third kappa shape index (κ3) is 4.58. The van der Waals surface area contributed by atoms with Gasteiger partial charge in [-0.15, -0.1) is 0 Å². The molecule has 0 spiro atoms. The summed E-state index contributed by atoms with van der Waals surface area (Å²) in [6, 6.07) is 10.2. The van der Waals surface area contributed by atoms with Crippen molar-refractivity contribution in [2.75, 3.05) is 14.1 Å². The van der Waals surface area contributed by atoms with E-state index >= 15 is 0 Å². The number of carbonyl (C=O) groups excluding carboxylic acids is 1. The van der Waals surface area contributed by atoms with Gasteiger partial charge in [-0.05, 0) is 25.7 Å². The molecule has 3 aromatic rings. The zero-order chi connectivity index (χ0) is 18.5. The van der Waals surface area contributed by atoms with Crippen LogP contribution in [-0.4, -0.2) is 44.2 Å². The van der Waals surface area contributed by atoms with Gasteiger partial charge in [0, 0.05) is 38.1 Å². The van der Waals surface area contributed by atoms with Crippen molar-refractivity contribution in [3.05, 3.63) is 60.3 Å². The average molecular weight is 352 g/mol. The molecule has 7 heteroatoms. The molecule has 0 bridgehead atoms. The maximum atomic E-state index is 11.9. The zero-order valence-electron chi connectivity index (χ0n) is 15.4. The fraction of sp³-hybridized carbons (Fsp3) is 0.316. The predicted octanol–water partition coefficient (Wildman–Crippen LogP) is 1.66. The van der Waals surface area contributed by atoms with Crippen LogP contribution in [-0.2, 0) is 31.5 Å². The van der Waals surface area contributed by atoms with Gasteiger partial charge in [0.2, 0.25) is 5.91 Å². The number of imidazole rings is 1. The van der Waals surface area contributed by atoms with Crippen LogP contribution in [0.5, 0.6) is 0 Å². The lowest BCUT2D eigenvalue weighted by Gasteiger charge is -2.08. The summed E-state index contributed by atoms with van der Waals surface area (Å²) in [5.41, 5.74) is 4.25. The van der Waals surface area contributed by atoms with E-state index in [0.29, 0.717) is 6.54 Å². The minimum atomic E-state index is -0.0369. The molecule has 1 amide bonds. The summed E-state index contributed by atoms with van der Waals surface area (Å²) >= 11 is 0. The number of nitrogens with zero attached hydrogens (tertiary/aromatic N) is 5. The van der Waals surface area contributed by atoms with Crippen LogP contribution < -0.4 is 5.32 Å². The molecule has 1 N–H and O–H groups in total. The van der Waals surface area contributed by atoms with Gasteiger partial charge in [0.15, 0.2) is 0 Å². The molecule has 0 aliphatic heterocycles. The summed E-state index contributed by atoms with van der Waals surface area (Å²) in [4.78, 5) is 18.0. The van der Waals surface area contributed by atoms with Crippen LogP contribution in [0.2, 0.25) is 0 Å². The lowest BCUT2D eigenvalue weighted by atomic mass is 10.1. The number of hydrogen-bond donors (Lipinski definition) is 1. The SMILES string of the molecule is CN(C)Cc1cc(-c2ccc(CNC(=O)Cn3ccnc3)cc2)nn1C. The molecule has 1 aromatic carbocycles. The average Bonchev–Trinajstić information content (AvgIpc) is 3.23. The Labute approximate surface area is 153 Å². The number of rotatable bonds is 7. The van der Waals surface area contributed by atoms with Gasteiger partial charge in [-0.2, -0.15) is 5.10 Å². The van der Waals surface area contributed by atoms with Crippen molar-refractivity contribution in [2.45, 2.75) is 19.6 Å². The lowest BCUT2D eigenvalue weighted by Crippen LogP contribution is -2.26. The Morgan fingerprint density at radius 1 is 1.23 bits per heavy atom. The molecular formula is C19H24N6O. The molecule has 26 heavy (non-hydrogen) atoms. The van der Waals surface area contributed by atoms with Gasteiger partial charge in [0.25, 0.3) is 0 Å². The molecule has 0 radical (unpaired) electrons. The second kappa shape index (κ2) is 7.97. The molecule has 2 heterocycles. The Bertz CT molecular complexity index is 849. The number of amides is 1. The summed E-state index contributed by atoms with van der Waals surface area (Å²) in [6.07, 6.45) is 5.06. The normalized spacial score (nSPS) is 11.1. The number of hydrogen-bond acceptors (Lipinski definition) is 4. The van der Waals surface area contributed by atoms with Crippen molar-refractivity contribution < 1.29 is 4.79 Å². The van der Waals surface area contributed by atoms with Crippen LogP contribution in [0.1, 0.15) is 11.3 Å². The molecule has 0 fully saturated rings. The van der Waals surface area contributed by atoms with Crippen LogP contribution in [0.25, 0.3) is 11.3 Å². The van der Waals surface area contributed by atoms with Crippen molar-refractivity contribution >= 4 is 5.91 Å². The molecule has 0 atom stereocenters. The van der Waals surface area contributed by atoms with E-state index in [9.17, 15) is 4.79 Å². The number of aryl methyl sites for hydroxylation is 1. The van der Waals surface area contributed by atoms with E-state index in [2.05, 4.69) is 26.4 Å². The van der Waals surface area contributed by atoms with Crippen molar-refractivity contribution in [1.29, 1.82) is 0 Å². The zero-order valence-corrected chi connectivity index (χ0v) is 15.4. The van der Waals surface area contributed by atoms with Gasteiger partial charge in [-0.3, -0.25) is 9.48 Å². The fourth-order valence-corrected chi connectivity index (χ4v) is 2.71. The molecule has 2 aromatic heterocycles. The van der Waals surface area contributed by atoms with Crippen molar-refractivity contribution in [3.8, 4) is 11.3 Å². The third-order valence-corrected chi connectivity index (χ3v) is 4.08. The highest BCUT2D eigenvalue weighted by Gasteiger charge is 2.08. The maximum absolute atomic E-state index is 11.9. The van der Waals surface area contributed by atoms with Crippen LogP contribution in [0.15, 0.2) is 49.1 Å². The maximum Gasteiger partial charge on any atom is 0.240 e. The molecule has 0 aliphatic rings. The van der Waals surface area contributed by atoms with Gasteiger partial charge < -0.3 is 14.8 Å². The smallest absolute Gasteiger partial charge is 0.240 e. The molecule has 3 rings (SSSR count). The second-order valence-corrected chi connectivity index (χ2v) is 6.59. The van der Waals surface area contributed by atoms with E-state index in [1.165, 1.54) is 5.69 Å². The highest BCUT2D eigenvalue weighted by atomic mass is 16.1. The number of nitrogens with one attached hydrogen (secondary N) is 1. The van der Waals surface area contributed by atoms with Gasteiger partial charge in [-0.1, -0.05) is 24.3 Å². The molecule has 0 unspecified atom stereocenters. The van der Waals surface area contributed by atoms with E-state index < -0.39 is 0 Å². The van der Waals surface area contributed by atoms with Crippen LogP contribution >= 0.6 is 0 Å². The van der Waals surface area contributed by atoms with E-state index in [1.54, 1.807) is 23.3 Å². The van der Waals surface area contributed by atoms with E-state index in [1.807, 2.05) is 50.1 Å². The topological polar surface area (TPSA) is 68.0 Å². The van der Waals surface area contributed by atoms with E-state index in [4.69, 9.17) is 0 Å². The largest absolute Gasteiger partial charge is 0.350 e. The Morgan fingerprint density at radius 3 is 2.65 bits per heavy atom. The molecule has 0 aliphatic carbocycles. The Hall–Kier alpha value is -2.93. The minimum absolute atomic E-state index is 0.0369. The minimum Gasteiger partial charge on any atom is -0.350 e. The van der Waals surface area contributed by atoms with Crippen LogP contribution in [0, 0.1) is 0 Å². The Balaban J connectivity index is 1.59. The molecule has 0 saturated carbocycles. The van der Waals surface area contributed by atoms with Crippen molar-refractivity contribution in [3.63, 3.8) is 0 Å². The quantitative estimate of drug-likeness (QED) is 0.702. The van der Waals surface area contributed by atoms with E-state index in [0.717, 1.165) is 23.4 Å². The lowest BCUT2D eigenvalue weighted by molar-refractivity contribution is -0.121. The first kappa shape index (κ1) is 17.9. The first-order valence-corrected chi connectivity index (χ1v) is 8.50. The van der Waals surface area contributed by atoms with Crippen LogP contribution in [0.3, 0.4) is 0 Å². The highest BCUT2D eigenvalue weighted by molar-refractivity contribution is 5.75. The van der Waals surface area contributed by atoms with E-state index in [-0.39, 0.29) is 12.5 Å². The summed E-state index contributed by atoms with van der Waals surface area (Å²) in [5, 5.41) is 7.51. The number of carbonyl (C=O) groups is 1. The molecule has 7 nitrogen and oxygen atoms in total. The summed E-state index contributed by atoms with van der Waals surface area (Å²) in [7, 11) is 6.05. The highest BCUT2D eigenvalue weighted by Crippen LogP contribution is 2.20. The van der Waals surface area contributed by atoms with Gasteiger partial charge in [0.1, 0.15) is 6.54 Å². The first-order valence-electron chi connectivity index (χ1n) is 8.50. The molecular weight excluding hydrogens is 328 g/mol.